The van der Waals surface area contributed by atoms with Crippen molar-refractivity contribution >= 4 is 9.84 Å². The van der Waals surface area contributed by atoms with Gasteiger partial charge in [0.25, 0.3) is 0 Å². The number of hydrogen-bond donors (Lipinski definition) is 1. The largest absolute Gasteiger partial charge is 0.313 e. The van der Waals surface area contributed by atoms with Crippen molar-refractivity contribution in [2.45, 2.75) is 63.5 Å². The molecule has 3 atom stereocenters. The molecule has 3 nitrogen and oxygen atoms in total. The molecule has 3 unspecified atom stereocenters. The summed E-state index contributed by atoms with van der Waals surface area (Å²) in [6, 6.07) is 0.161. The average molecular weight is 247 g/mol. The van der Waals surface area contributed by atoms with Crippen LogP contribution in [0.5, 0.6) is 0 Å². The molecule has 0 amide bonds. The second kappa shape index (κ2) is 5.50. The first-order valence-electron chi connectivity index (χ1n) is 6.35. The highest BCUT2D eigenvalue weighted by Crippen LogP contribution is 2.30. The van der Waals surface area contributed by atoms with Crippen LogP contribution in [0.4, 0.5) is 0 Å². The van der Waals surface area contributed by atoms with Crippen molar-refractivity contribution in [3.63, 3.8) is 0 Å². The first-order valence-corrected chi connectivity index (χ1v) is 7.96. The summed E-state index contributed by atoms with van der Waals surface area (Å²) in [7, 11) is -2.97. The van der Waals surface area contributed by atoms with E-state index in [-0.39, 0.29) is 16.5 Å². The van der Waals surface area contributed by atoms with Gasteiger partial charge >= 0.3 is 0 Å². The molecule has 0 aromatic carbocycles. The molecule has 1 fully saturated rings. The van der Waals surface area contributed by atoms with Gasteiger partial charge in [0.15, 0.2) is 9.84 Å². The van der Waals surface area contributed by atoms with E-state index in [1.807, 2.05) is 6.92 Å². The molecule has 4 heteroatoms. The SMILES string of the molecule is CCNC1CCC(C)CC1S(=O)(=O)C(C)C. The van der Waals surface area contributed by atoms with E-state index in [2.05, 4.69) is 12.2 Å². The van der Waals surface area contributed by atoms with Crippen LogP contribution in [0.3, 0.4) is 0 Å². The quantitative estimate of drug-likeness (QED) is 0.826. The molecule has 0 aromatic rings. The van der Waals surface area contributed by atoms with Crippen molar-refractivity contribution in [1.29, 1.82) is 0 Å². The Kier molecular flexibility index (Phi) is 4.80. The summed E-state index contributed by atoms with van der Waals surface area (Å²) in [5.74, 6) is 0.536. The molecule has 0 aliphatic heterocycles. The third-order valence-electron chi connectivity index (χ3n) is 3.60. The lowest BCUT2D eigenvalue weighted by Crippen LogP contribution is -2.49. The van der Waals surface area contributed by atoms with Gasteiger partial charge in [-0.05, 0) is 45.6 Å². The van der Waals surface area contributed by atoms with Crippen molar-refractivity contribution < 1.29 is 8.42 Å². The Morgan fingerprint density at radius 3 is 2.44 bits per heavy atom. The monoisotopic (exact) mass is 247 g/mol. The van der Waals surface area contributed by atoms with Crippen LogP contribution in [0.1, 0.15) is 47.0 Å². The summed E-state index contributed by atoms with van der Waals surface area (Å²) in [4.78, 5) is 0. The van der Waals surface area contributed by atoms with Gasteiger partial charge in [-0.2, -0.15) is 0 Å². The van der Waals surface area contributed by atoms with E-state index >= 15 is 0 Å². The first kappa shape index (κ1) is 14.0. The first-order chi connectivity index (χ1) is 7.39. The van der Waals surface area contributed by atoms with Crippen LogP contribution in [-0.4, -0.2) is 31.5 Å². The van der Waals surface area contributed by atoms with Crippen molar-refractivity contribution in [2.75, 3.05) is 6.54 Å². The maximum Gasteiger partial charge on any atom is 0.157 e. The fraction of sp³-hybridized carbons (Fsp3) is 1.00. The van der Waals surface area contributed by atoms with Crippen LogP contribution in [0.25, 0.3) is 0 Å². The molecular formula is C12H25NO2S. The molecule has 0 spiro atoms. The summed E-state index contributed by atoms with van der Waals surface area (Å²) in [5, 5.41) is 2.89. The van der Waals surface area contributed by atoms with Crippen LogP contribution < -0.4 is 5.32 Å². The average Bonchev–Trinajstić information content (AvgIpc) is 2.20. The van der Waals surface area contributed by atoms with Gasteiger partial charge in [-0.3, -0.25) is 0 Å². The van der Waals surface area contributed by atoms with E-state index in [4.69, 9.17) is 0 Å². The summed E-state index contributed by atoms with van der Waals surface area (Å²) in [6.45, 7) is 8.63. The highest BCUT2D eigenvalue weighted by Gasteiger charge is 2.38. The maximum absolute atomic E-state index is 12.3. The Morgan fingerprint density at radius 2 is 1.94 bits per heavy atom. The number of sulfone groups is 1. The van der Waals surface area contributed by atoms with Gasteiger partial charge in [0, 0.05) is 6.04 Å². The predicted molar refractivity (Wildman–Crippen MR) is 68.3 cm³/mol. The van der Waals surface area contributed by atoms with Gasteiger partial charge in [-0.15, -0.1) is 0 Å². The number of nitrogens with one attached hydrogen (secondary N) is 1. The Hall–Kier alpha value is -0.0900. The van der Waals surface area contributed by atoms with E-state index in [1.54, 1.807) is 13.8 Å². The number of rotatable bonds is 4. The van der Waals surface area contributed by atoms with Crippen molar-refractivity contribution in [3.05, 3.63) is 0 Å². The zero-order valence-corrected chi connectivity index (χ0v) is 11.7. The van der Waals surface area contributed by atoms with Gasteiger partial charge in [0.1, 0.15) is 0 Å². The van der Waals surface area contributed by atoms with E-state index in [1.165, 1.54) is 0 Å². The smallest absolute Gasteiger partial charge is 0.157 e. The second-order valence-electron chi connectivity index (χ2n) is 5.26. The molecule has 1 aliphatic carbocycles. The molecule has 0 heterocycles. The molecule has 1 N–H and O–H groups in total. The highest BCUT2D eigenvalue weighted by atomic mass is 32.2. The second-order valence-corrected chi connectivity index (χ2v) is 7.98. The molecule has 0 bridgehead atoms. The lowest BCUT2D eigenvalue weighted by atomic mass is 9.87. The summed E-state index contributed by atoms with van der Waals surface area (Å²) in [5.41, 5.74) is 0. The van der Waals surface area contributed by atoms with Gasteiger partial charge in [0.05, 0.1) is 10.5 Å². The minimum absolute atomic E-state index is 0.161. The fourth-order valence-corrected chi connectivity index (χ4v) is 4.52. The normalized spacial score (nSPS) is 31.9. The molecule has 0 saturated heterocycles. The van der Waals surface area contributed by atoms with Crippen molar-refractivity contribution in [1.82, 2.24) is 5.32 Å². The Bertz CT molecular complexity index is 311. The van der Waals surface area contributed by atoms with Crippen LogP contribution in [0, 0.1) is 5.92 Å². The zero-order chi connectivity index (χ0) is 12.3. The predicted octanol–water partition coefficient (Wildman–Crippen LogP) is 1.98. The topological polar surface area (TPSA) is 46.2 Å². The van der Waals surface area contributed by atoms with Gasteiger partial charge in [-0.25, -0.2) is 8.42 Å². The minimum Gasteiger partial charge on any atom is -0.313 e. The van der Waals surface area contributed by atoms with E-state index in [9.17, 15) is 8.42 Å². The molecule has 96 valence electrons. The van der Waals surface area contributed by atoms with Crippen molar-refractivity contribution in [2.24, 2.45) is 5.92 Å². The maximum atomic E-state index is 12.3. The fourth-order valence-electron chi connectivity index (χ4n) is 2.54. The highest BCUT2D eigenvalue weighted by molar-refractivity contribution is 7.92. The summed E-state index contributed by atoms with van der Waals surface area (Å²) in [6.07, 6.45) is 2.95. The van der Waals surface area contributed by atoms with E-state index in [0.717, 1.165) is 25.8 Å². The lowest BCUT2D eigenvalue weighted by Gasteiger charge is -2.35. The summed E-state index contributed by atoms with van der Waals surface area (Å²) >= 11 is 0. The Balaban J connectivity index is 2.87. The van der Waals surface area contributed by atoms with Crippen LogP contribution in [-0.2, 0) is 9.84 Å². The molecular weight excluding hydrogens is 222 g/mol. The van der Waals surface area contributed by atoms with E-state index in [0.29, 0.717) is 5.92 Å². The molecule has 1 saturated carbocycles. The molecule has 0 radical (unpaired) electrons. The summed E-state index contributed by atoms with van der Waals surface area (Å²) < 4.78 is 24.6. The minimum atomic E-state index is -2.97. The Labute approximate surface area is 99.9 Å². The third-order valence-corrected chi connectivity index (χ3v) is 6.28. The standard InChI is InChI=1S/C12H25NO2S/c1-5-13-11-7-6-10(4)8-12(11)16(14,15)9(2)3/h9-13H,5-8H2,1-4H3. The molecule has 0 aromatic heterocycles. The lowest BCUT2D eigenvalue weighted by molar-refractivity contribution is 0.310. The third kappa shape index (κ3) is 2.98. The zero-order valence-electron chi connectivity index (χ0n) is 10.9. The molecule has 16 heavy (non-hydrogen) atoms. The van der Waals surface area contributed by atoms with Crippen molar-refractivity contribution in [3.8, 4) is 0 Å². The molecule has 1 aliphatic rings. The Morgan fingerprint density at radius 1 is 1.31 bits per heavy atom. The van der Waals surface area contributed by atoms with Gasteiger partial charge < -0.3 is 5.32 Å². The van der Waals surface area contributed by atoms with Gasteiger partial charge in [0.2, 0.25) is 0 Å². The van der Waals surface area contributed by atoms with Crippen LogP contribution in [0.15, 0.2) is 0 Å². The van der Waals surface area contributed by atoms with Gasteiger partial charge in [-0.1, -0.05) is 13.8 Å². The molecule has 1 rings (SSSR count). The van der Waals surface area contributed by atoms with Crippen LogP contribution >= 0.6 is 0 Å². The number of hydrogen-bond acceptors (Lipinski definition) is 3. The van der Waals surface area contributed by atoms with Crippen LogP contribution in [0.2, 0.25) is 0 Å². The van der Waals surface area contributed by atoms with E-state index < -0.39 is 9.84 Å².